The van der Waals surface area contributed by atoms with Crippen molar-refractivity contribution < 1.29 is 9.59 Å². The lowest BCUT2D eigenvalue weighted by Crippen LogP contribution is -2.41. The second kappa shape index (κ2) is 8.24. The second-order valence-electron chi connectivity index (χ2n) is 5.87. The van der Waals surface area contributed by atoms with E-state index in [9.17, 15) is 9.59 Å². The van der Waals surface area contributed by atoms with Gasteiger partial charge in [0.25, 0.3) is 5.91 Å². The molecule has 2 amide bonds. The number of halogens is 1. The molecule has 1 N–H and O–H groups in total. The second-order valence-corrected chi connectivity index (χ2v) is 9.02. The zero-order valence-electron chi connectivity index (χ0n) is 14.2. The highest BCUT2D eigenvalue weighted by Crippen LogP contribution is 2.25. The molecule has 1 aliphatic rings. The molecule has 0 bridgehead atoms. The van der Waals surface area contributed by atoms with Gasteiger partial charge in [-0.15, -0.1) is 27.8 Å². The Morgan fingerprint density at radius 1 is 1.19 bits per heavy atom. The minimum atomic E-state index is -0.446. The van der Waals surface area contributed by atoms with E-state index >= 15 is 0 Å². The molecular formula is C17H17BrN4O2S2. The first-order valence-electron chi connectivity index (χ1n) is 7.94. The zero-order valence-corrected chi connectivity index (χ0v) is 17.4. The minimum absolute atomic E-state index is 0.227. The quantitative estimate of drug-likeness (QED) is 0.593. The fourth-order valence-corrected chi connectivity index (χ4v) is 4.52. The zero-order chi connectivity index (χ0) is 18.7. The standard InChI is InChI=1S/C12H12N4O2S.C5H5BrS/c1-7-4-8(6-19-7)9-5-16(15-14-9)10-2-3-11(17)13-12(10)18;1-4-2-5(6)3-7-4/h4-6,10H,2-3H2,1H3,(H,13,17,18);2-3H,1H3. The van der Waals surface area contributed by atoms with E-state index in [4.69, 9.17) is 0 Å². The van der Waals surface area contributed by atoms with Gasteiger partial charge < -0.3 is 0 Å². The van der Waals surface area contributed by atoms with Crippen molar-refractivity contribution in [2.45, 2.75) is 32.7 Å². The molecule has 0 radical (unpaired) electrons. The van der Waals surface area contributed by atoms with Crippen molar-refractivity contribution in [2.75, 3.05) is 0 Å². The first kappa shape index (κ1) is 18.9. The molecule has 4 rings (SSSR count). The van der Waals surface area contributed by atoms with Gasteiger partial charge in [0.2, 0.25) is 5.91 Å². The van der Waals surface area contributed by atoms with Crippen molar-refractivity contribution in [2.24, 2.45) is 0 Å². The lowest BCUT2D eigenvalue weighted by atomic mass is 10.1. The Bertz CT molecular complexity index is 914. The van der Waals surface area contributed by atoms with Crippen molar-refractivity contribution in [1.29, 1.82) is 0 Å². The van der Waals surface area contributed by atoms with Gasteiger partial charge >= 0.3 is 0 Å². The van der Waals surface area contributed by atoms with E-state index < -0.39 is 6.04 Å². The number of aromatic nitrogens is 3. The Morgan fingerprint density at radius 3 is 2.46 bits per heavy atom. The largest absolute Gasteiger partial charge is 0.295 e. The van der Waals surface area contributed by atoms with E-state index in [1.54, 1.807) is 28.9 Å². The summed E-state index contributed by atoms with van der Waals surface area (Å²) < 4.78 is 2.72. The summed E-state index contributed by atoms with van der Waals surface area (Å²) >= 11 is 6.74. The van der Waals surface area contributed by atoms with E-state index in [1.165, 1.54) is 18.9 Å². The summed E-state index contributed by atoms with van der Waals surface area (Å²) in [6.07, 6.45) is 2.56. The molecule has 136 valence electrons. The molecule has 4 heterocycles. The van der Waals surface area contributed by atoms with Gasteiger partial charge in [0.1, 0.15) is 11.7 Å². The summed E-state index contributed by atoms with van der Waals surface area (Å²) in [5.74, 6) is -0.538. The first-order chi connectivity index (χ1) is 12.4. The molecule has 1 atom stereocenters. The molecule has 1 fully saturated rings. The van der Waals surface area contributed by atoms with Crippen LogP contribution in [0.5, 0.6) is 0 Å². The monoisotopic (exact) mass is 452 g/mol. The topological polar surface area (TPSA) is 76.9 Å². The van der Waals surface area contributed by atoms with Crippen LogP contribution in [0.3, 0.4) is 0 Å². The van der Waals surface area contributed by atoms with E-state index in [2.05, 4.69) is 49.9 Å². The first-order valence-corrected chi connectivity index (χ1v) is 10.5. The van der Waals surface area contributed by atoms with Gasteiger partial charge in [0, 0.05) is 37.0 Å². The third kappa shape index (κ3) is 4.66. The van der Waals surface area contributed by atoms with Crippen molar-refractivity contribution in [3.8, 4) is 11.3 Å². The summed E-state index contributed by atoms with van der Waals surface area (Å²) in [6.45, 7) is 4.12. The molecule has 3 aromatic rings. The maximum atomic E-state index is 11.7. The van der Waals surface area contributed by atoms with Crippen molar-refractivity contribution in [1.82, 2.24) is 20.3 Å². The predicted octanol–water partition coefficient (Wildman–Crippen LogP) is 4.11. The average molecular weight is 453 g/mol. The Labute approximate surface area is 167 Å². The molecule has 0 aromatic carbocycles. The maximum absolute atomic E-state index is 11.7. The molecule has 3 aromatic heterocycles. The van der Waals surface area contributed by atoms with Crippen LogP contribution in [0.15, 0.2) is 33.6 Å². The number of hydrogen-bond acceptors (Lipinski definition) is 6. The Morgan fingerprint density at radius 2 is 1.92 bits per heavy atom. The normalized spacial score (nSPS) is 16.8. The number of nitrogens with one attached hydrogen (secondary N) is 1. The van der Waals surface area contributed by atoms with Crippen LogP contribution in [-0.2, 0) is 9.59 Å². The number of hydrogen-bond donors (Lipinski definition) is 1. The van der Waals surface area contributed by atoms with Crippen LogP contribution < -0.4 is 5.32 Å². The number of thiophene rings is 2. The molecule has 0 spiro atoms. The summed E-state index contributed by atoms with van der Waals surface area (Å²) in [5, 5.41) is 14.5. The number of carbonyl (C=O) groups is 2. The van der Waals surface area contributed by atoms with Crippen molar-refractivity contribution >= 4 is 50.4 Å². The third-order valence-electron chi connectivity index (χ3n) is 3.76. The highest BCUT2D eigenvalue weighted by Gasteiger charge is 2.29. The molecule has 0 saturated carbocycles. The number of carbonyl (C=O) groups excluding carboxylic acids is 2. The number of rotatable bonds is 2. The van der Waals surface area contributed by atoms with E-state index in [0.717, 1.165) is 11.3 Å². The van der Waals surface area contributed by atoms with Crippen LogP contribution in [0, 0.1) is 13.8 Å². The number of aryl methyl sites for hydroxylation is 2. The van der Waals surface area contributed by atoms with Crippen LogP contribution >= 0.6 is 38.6 Å². The van der Waals surface area contributed by atoms with Gasteiger partial charge in [0.05, 0.1) is 6.20 Å². The molecule has 1 saturated heterocycles. The smallest absolute Gasteiger partial charge is 0.251 e. The lowest BCUT2D eigenvalue weighted by molar-refractivity contribution is -0.136. The van der Waals surface area contributed by atoms with Gasteiger partial charge in [0.15, 0.2) is 0 Å². The number of piperidine rings is 1. The van der Waals surface area contributed by atoms with Crippen molar-refractivity contribution in [3.05, 3.63) is 43.3 Å². The van der Waals surface area contributed by atoms with Gasteiger partial charge in [-0.3, -0.25) is 14.9 Å². The maximum Gasteiger partial charge on any atom is 0.251 e. The van der Waals surface area contributed by atoms with Gasteiger partial charge in [-0.25, -0.2) is 4.68 Å². The fourth-order valence-electron chi connectivity index (χ4n) is 2.49. The highest BCUT2D eigenvalue weighted by molar-refractivity contribution is 9.10. The van der Waals surface area contributed by atoms with E-state index in [1.807, 2.05) is 18.4 Å². The van der Waals surface area contributed by atoms with Crippen LogP contribution in [0.4, 0.5) is 0 Å². The van der Waals surface area contributed by atoms with E-state index in [-0.39, 0.29) is 11.8 Å². The van der Waals surface area contributed by atoms with Crippen LogP contribution in [-0.4, -0.2) is 26.8 Å². The van der Waals surface area contributed by atoms with Gasteiger partial charge in [-0.2, -0.15) is 0 Å². The van der Waals surface area contributed by atoms with Crippen LogP contribution in [0.2, 0.25) is 0 Å². The van der Waals surface area contributed by atoms with Gasteiger partial charge in [-0.05, 0) is 48.3 Å². The molecule has 26 heavy (non-hydrogen) atoms. The SMILES string of the molecule is Cc1cc(-c2cn(C3CCC(=O)NC3=O)nn2)cs1.Cc1cc(Br)cs1. The summed E-state index contributed by atoms with van der Waals surface area (Å²) in [5.41, 5.74) is 1.75. The molecule has 9 heteroatoms. The third-order valence-corrected chi connectivity index (χ3v) is 6.25. The number of nitrogens with zero attached hydrogens (tertiary/aromatic N) is 3. The molecule has 0 aliphatic carbocycles. The number of imide groups is 1. The summed E-state index contributed by atoms with van der Waals surface area (Å²) in [4.78, 5) is 25.4. The Hall–Kier alpha value is -1.84. The van der Waals surface area contributed by atoms with Crippen LogP contribution in [0.1, 0.15) is 28.6 Å². The molecule has 6 nitrogen and oxygen atoms in total. The summed E-state index contributed by atoms with van der Waals surface area (Å²) in [6, 6.07) is 3.69. The lowest BCUT2D eigenvalue weighted by Gasteiger charge is -2.20. The minimum Gasteiger partial charge on any atom is -0.295 e. The molecule has 1 unspecified atom stereocenters. The Kier molecular flexibility index (Phi) is 6.00. The van der Waals surface area contributed by atoms with Crippen LogP contribution in [0.25, 0.3) is 11.3 Å². The molecular weight excluding hydrogens is 436 g/mol. The van der Waals surface area contributed by atoms with Crippen molar-refractivity contribution in [3.63, 3.8) is 0 Å². The average Bonchev–Trinajstić information content (AvgIpc) is 3.30. The predicted molar refractivity (Wildman–Crippen MR) is 106 cm³/mol. The highest BCUT2D eigenvalue weighted by atomic mass is 79.9. The van der Waals surface area contributed by atoms with E-state index in [0.29, 0.717) is 12.8 Å². The number of amides is 2. The van der Waals surface area contributed by atoms with Gasteiger partial charge in [-0.1, -0.05) is 5.21 Å². The molecule has 1 aliphatic heterocycles. The summed E-state index contributed by atoms with van der Waals surface area (Å²) in [7, 11) is 0. The fraction of sp³-hybridized carbons (Fsp3) is 0.294. The Balaban J connectivity index is 0.000000236.